The first-order valence-corrected chi connectivity index (χ1v) is 11.1. The quantitative estimate of drug-likeness (QED) is 0.637. The van der Waals surface area contributed by atoms with Gasteiger partial charge in [0.05, 0.1) is 12.2 Å². The maximum Gasteiger partial charge on any atom is 0.490 e. The molecule has 12 heteroatoms. The average Bonchev–Trinajstić information content (AvgIpc) is 3.33. The number of urea groups is 1. The highest BCUT2D eigenvalue weighted by atomic mass is 35.5. The molecule has 4 rings (SSSR count). The first-order valence-electron chi connectivity index (χ1n) is 10.7. The van der Waals surface area contributed by atoms with E-state index in [9.17, 15) is 22.8 Å². The van der Waals surface area contributed by atoms with E-state index in [1.165, 1.54) is 0 Å². The summed E-state index contributed by atoms with van der Waals surface area (Å²) in [5.41, 5.74) is 1.53. The third-order valence-corrected chi connectivity index (χ3v) is 6.25. The Labute approximate surface area is 204 Å². The number of hydrogen-bond acceptors (Lipinski definition) is 4. The number of anilines is 1. The number of aliphatic carboxylic acids is 1. The Morgan fingerprint density at radius 3 is 2.46 bits per heavy atom. The number of nitrogens with zero attached hydrogens (tertiary/aromatic N) is 3. The molecule has 2 N–H and O–H groups in total. The van der Waals surface area contributed by atoms with Crippen molar-refractivity contribution >= 4 is 35.2 Å². The number of nitrogens with one attached hydrogen (secondary N) is 1. The SMILES string of the molecule is CN(Cc1ccccn1)C(=O)C1CC12CCN(C(=O)Nc1ccc(Cl)cc1)C2.O=C(O)C(F)(F)F. The van der Waals surface area contributed by atoms with Crippen molar-refractivity contribution < 1.29 is 32.7 Å². The van der Waals surface area contributed by atoms with Gasteiger partial charge in [0.1, 0.15) is 0 Å². The summed E-state index contributed by atoms with van der Waals surface area (Å²) in [7, 11) is 1.82. The molecule has 8 nitrogen and oxygen atoms in total. The smallest absolute Gasteiger partial charge is 0.475 e. The Bertz CT molecular complexity index is 1070. The van der Waals surface area contributed by atoms with Crippen molar-refractivity contribution in [3.8, 4) is 0 Å². The summed E-state index contributed by atoms with van der Waals surface area (Å²) in [6.45, 7) is 1.81. The van der Waals surface area contributed by atoms with Gasteiger partial charge in [-0.05, 0) is 49.2 Å². The van der Waals surface area contributed by atoms with Gasteiger partial charge < -0.3 is 20.2 Å². The Morgan fingerprint density at radius 2 is 1.89 bits per heavy atom. The molecule has 1 saturated heterocycles. The maximum atomic E-state index is 12.8. The molecule has 2 aliphatic rings. The maximum absolute atomic E-state index is 12.8. The molecule has 1 spiro atoms. The van der Waals surface area contributed by atoms with Crippen LogP contribution in [0.15, 0.2) is 48.7 Å². The lowest BCUT2D eigenvalue weighted by Gasteiger charge is -2.20. The van der Waals surface area contributed by atoms with Crippen LogP contribution in [0, 0.1) is 11.3 Å². The first-order chi connectivity index (χ1) is 16.4. The number of carbonyl (C=O) groups excluding carboxylic acids is 2. The molecule has 2 atom stereocenters. The average molecular weight is 513 g/mol. The molecule has 2 heterocycles. The highest BCUT2D eigenvalue weighted by molar-refractivity contribution is 6.30. The van der Waals surface area contributed by atoms with Gasteiger partial charge in [0.15, 0.2) is 0 Å². The molecule has 3 amide bonds. The van der Waals surface area contributed by atoms with Gasteiger partial charge in [0.2, 0.25) is 5.91 Å². The van der Waals surface area contributed by atoms with Crippen LogP contribution in [0.4, 0.5) is 23.7 Å². The molecule has 1 saturated carbocycles. The van der Waals surface area contributed by atoms with E-state index in [-0.39, 0.29) is 23.3 Å². The highest BCUT2D eigenvalue weighted by Crippen LogP contribution is 2.59. The van der Waals surface area contributed by atoms with Gasteiger partial charge in [-0.1, -0.05) is 17.7 Å². The van der Waals surface area contributed by atoms with Crippen molar-refractivity contribution in [3.63, 3.8) is 0 Å². The van der Waals surface area contributed by atoms with Crippen LogP contribution in [0.3, 0.4) is 0 Å². The number of alkyl halides is 3. The number of hydrogen-bond donors (Lipinski definition) is 2. The second kappa shape index (κ2) is 10.5. The summed E-state index contributed by atoms with van der Waals surface area (Å²) in [6, 6.07) is 12.6. The van der Waals surface area contributed by atoms with Crippen molar-refractivity contribution in [2.24, 2.45) is 11.3 Å². The minimum atomic E-state index is -5.08. The van der Waals surface area contributed by atoms with E-state index in [1.807, 2.05) is 25.2 Å². The summed E-state index contributed by atoms with van der Waals surface area (Å²) >= 11 is 5.88. The lowest BCUT2D eigenvalue weighted by molar-refractivity contribution is -0.192. The Balaban J connectivity index is 0.000000429. The minimum absolute atomic E-state index is 0.00505. The van der Waals surface area contributed by atoms with E-state index in [1.54, 1.807) is 40.3 Å². The zero-order valence-electron chi connectivity index (χ0n) is 18.8. The minimum Gasteiger partial charge on any atom is -0.475 e. The van der Waals surface area contributed by atoms with Gasteiger partial charge in [0.25, 0.3) is 0 Å². The summed E-state index contributed by atoms with van der Waals surface area (Å²) in [4.78, 5) is 42.1. The number of aromatic nitrogens is 1. The van der Waals surface area contributed by atoms with E-state index >= 15 is 0 Å². The predicted molar refractivity (Wildman–Crippen MR) is 122 cm³/mol. The fraction of sp³-hybridized carbons (Fsp3) is 0.391. The molecule has 1 aliphatic carbocycles. The van der Waals surface area contributed by atoms with Crippen molar-refractivity contribution in [1.82, 2.24) is 14.8 Å². The summed E-state index contributed by atoms with van der Waals surface area (Å²) in [6.07, 6.45) is -1.63. The molecular weight excluding hydrogens is 489 g/mol. The first kappa shape index (κ1) is 26.3. The zero-order chi connectivity index (χ0) is 25.8. The number of benzene rings is 1. The lowest BCUT2D eigenvalue weighted by Crippen LogP contribution is -2.34. The van der Waals surface area contributed by atoms with E-state index in [0.717, 1.165) is 18.5 Å². The van der Waals surface area contributed by atoms with E-state index in [2.05, 4.69) is 10.3 Å². The van der Waals surface area contributed by atoms with Gasteiger partial charge in [-0.2, -0.15) is 13.2 Å². The van der Waals surface area contributed by atoms with Crippen LogP contribution in [-0.2, 0) is 16.1 Å². The molecule has 1 aliphatic heterocycles. The molecule has 0 bridgehead atoms. The molecular formula is C23H24ClF3N4O4. The summed E-state index contributed by atoms with van der Waals surface area (Å²) in [5.74, 6) is -2.62. The number of pyridine rings is 1. The van der Waals surface area contributed by atoms with Gasteiger partial charge in [-0.25, -0.2) is 9.59 Å². The molecule has 188 valence electrons. The van der Waals surface area contributed by atoms with Crippen LogP contribution in [0.5, 0.6) is 0 Å². The molecule has 2 fully saturated rings. The van der Waals surface area contributed by atoms with Crippen molar-refractivity contribution in [2.45, 2.75) is 25.6 Å². The van der Waals surface area contributed by atoms with Gasteiger partial charge in [-0.15, -0.1) is 0 Å². The number of rotatable bonds is 4. The van der Waals surface area contributed by atoms with E-state index in [4.69, 9.17) is 21.5 Å². The number of carboxylic acids is 1. The zero-order valence-corrected chi connectivity index (χ0v) is 19.5. The summed E-state index contributed by atoms with van der Waals surface area (Å²) in [5, 5.41) is 10.7. The van der Waals surface area contributed by atoms with Gasteiger partial charge in [-0.3, -0.25) is 9.78 Å². The topological polar surface area (TPSA) is 103 Å². The van der Waals surface area contributed by atoms with Crippen LogP contribution in [0.2, 0.25) is 5.02 Å². The largest absolute Gasteiger partial charge is 0.490 e. The number of amides is 3. The Hall–Kier alpha value is -3.34. The van der Waals surface area contributed by atoms with E-state index < -0.39 is 12.1 Å². The van der Waals surface area contributed by atoms with Crippen LogP contribution >= 0.6 is 11.6 Å². The van der Waals surface area contributed by atoms with Crippen molar-refractivity contribution in [1.29, 1.82) is 0 Å². The fourth-order valence-electron chi connectivity index (χ4n) is 4.03. The molecule has 35 heavy (non-hydrogen) atoms. The Morgan fingerprint density at radius 1 is 1.23 bits per heavy atom. The van der Waals surface area contributed by atoms with Crippen LogP contribution < -0.4 is 5.32 Å². The number of carbonyl (C=O) groups is 3. The van der Waals surface area contributed by atoms with Crippen LogP contribution in [-0.4, -0.2) is 64.1 Å². The Kier molecular flexibility index (Phi) is 7.89. The second-order valence-corrected chi connectivity index (χ2v) is 8.98. The number of likely N-dealkylation sites (tertiary alicyclic amines) is 1. The van der Waals surface area contributed by atoms with Crippen molar-refractivity contribution in [2.75, 3.05) is 25.5 Å². The summed E-state index contributed by atoms with van der Waals surface area (Å²) < 4.78 is 31.7. The standard InChI is InChI=1S/C21H23ClN4O2.C2HF3O2/c1-25(13-17-4-2-3-10-23-17)19(27)18-12-21(18)9-11-26(14-21)20(28)24-16-7-5-15(22)6-8-16;3-2(4,5)1(6)7/h2-8,10,18H,9,11-14H2,1H3,(H,24,28);(H,6,7). The normalized spacial score (nSPS) is 20.6. The van der Waals surface area contributed by atoms with Crippen LogP contribution in [0.1, 0.15) is 18.5 Å². The van der Waals surface area contributed by atoms with E-state index in [0.29, 0.717) is 30.3 Å². The molecule has 2 aromatic rings. The molecule has 0 radical (unpaired) electrons. The fourth-order valence-corrected chi connectivity index (χ4v) is 4.16. The highest BCUT2D eigenvalue weighted by Gasteiger charge is 2.61. The van der Waals surface area contributed by atoms with Gasteiger partial charge >= 0.3 is 18.2 Å². The number of halogens is 4. The molecule has 1 aromatic heterocycles. The monoisotopic (exact) mass is 512 g/mol. The third kappa shape index (κ3) is 6.84. The predicted octanol–water partition coefficient (Wildman–Crippen LogP) is 4.27. The molecule has 1 aromatic carbocycles. The van der Waals surface area contributed by atoms with Gasteiger partial charge in [0, 0.05) is 48.4 Å². The van der Waals surface area contributed by atoms with Crippen LogP contribution in [0.25, 0.3) is 0 Å². The second-order valence-electron chi connectivity index (χ2n) is 8.55. The molecule has 2 unspecified atom stereocenters. The lowest BCUT2D eigenvalue weighted by atomic mass is 10.0. The number of carboxylic acid groups (broad SMARTS) is 1. The van der Waals surface area contributed by atoms with Crippen molar-refractivity contribution in [3.05, 3.63) is 59.4 Å². The third-order valence-electron chi connectivity index (χ3n) is 6.00.